The van der Waals surface area contributed by atoms with Gasteiger partial charge in [-0.3, -0.25) is 4.79 Å². The van der Waals surface area contributed by atoms with Gasteiger partial charge >= 0.3 is 0 Å². The topological polar surface area (TPSA) is 57.8 Å². The van der Waals surface area contributed by atoms with Crippen molar-refractivity contribution in [3.8, 4) is 11.8 Å². The van der Waals surface area contributed by atoms with Crippen LogP contribution in [0.25, 0.3) is 11.8 Å². The fraction of sp³-hybridized carbons (Fsp3) is 0.200. The van der Waals surface area contributed by atoms with Gasteiger partial charge in [-0.2, -0.15) is 5.26 Å². The third-order valence-electron chi connectivity index (χ3n) is 4.90. The summed E-state index contributed by atoms with van der Waals surface area (Å²) < 4.78 is 2.16. The molecule has 146 valence electrons. The molecule has 4 heteroatoms. The highest BCUT2D eigenvalue weighted by molar-refractivity contribution is 6.01. The van der Waals surface area contributed by atoms with Crippen molar-refractivity contribution in [2.75, 3.05) is 0 Å². The minimum absolute atomic E-state index is 0.0987. The molecule has 1 heterocycles. The number of aryl methyl sites for hydroxylation is 3. The lowest BCUT2D eigenvalue weighted by Gasteiger charge is -2.12. The van der Waals surface area contributed by atoms with Crippen molar-refractivity contribution in [2.24, 2.45) is 0 Å². The maximum absolute atomic E-state index is 12.5. The van der Waals surface area contributed by atoms with Crippen molar-refractivity contribution in [3.63, 3.8) is 0 Å². The van der Waals surface area contributed by atoms with Gasteiger partial charge in [0.1, 0.15) is 11.6 Å². The first-order chi connectivity index (χ1) is 13.9. The standard InChI is InChI=1S/C25H25N3O/c1-17-10-18(2)12-24(11-17)28-19(3)13-22(20(28)4)14-23(15-26)25(29)27-16-21-8-6-5-7-9-21/h5-14H,16H2,1-4H3,(H,27,29)/b23-14-. The maximum atomic E-state index is 12.5. The fourth-order valence-electron chi connectivity index (χ4n) is 3.59. The molecule has 0 aliphatic heterocycles. The largest absolute Gasteiger partial charge is 0.347 e. The molecule has 2 aromatic carbocycles. The summed E-state index contributed by atoms with van der Waals surface area (Å²) in [4.78, 5) is 12.5. The number of carbonyl (C=O) groups is 1. The quantitative estimate of drug-likeness (QED) is 0.501. The molecule has 0 spiro atoms. The van der Waals surface area contributed by atoms with Gasteiger partial charge in [0.25, 0.3) is 5.91 Å². The van der Waals surface area contributed by atoms with E-state index in [2.05, 4.69) is 41.9 Å². The van der Waals surface area contributed by atoms with Gasteiger partial charge in [0, 0.05) is 23.6 Å². The van der Waals surface area contributed by atoms with Crippen molar-refractivity contribution >= 4 is 12.0 Å². The van der Waals surface area contributed by atoms with E-state index < -0.39 is 0 Å². The lowest BCUT2D eigenvalue weighted by Crippen LogP contribution is -2.23. The Morgan fingerprint density at radius 1 is 1.03 bits per heavy atom. The van der Waals surface area contributed by atoms with Crippen LogP contribution in [-0.2, 0) is 11.3 Å². The third-order valence-corrected chi connectivity index (χ3v) is 4.90. The molecule has 3 rings (SSSR count). The highest BCUT2D eigenvalue weighted by Crippen LogP contribution is 2.24. The van der Waals surface area contributed by atoms with Crippen molar-refractivity contribution in [2.45, 2.75) is 34.2 Å². The minimum atomic E-state index is -0.368. The summed E-state index contributed by atoms with van der Waals surface area (Å²) in [7, 11) is 0. The zero-order valence-electron chi connectivity index (χ0n) is 17.3. The first-order valence-corrected chi connectivity index (χ1v) is 9.60. The Balaban J connectivity index is 1.88. The van der Waals surface area contributed by atoms with E-state index in [-0.39, 0.29) is 11.5 Å². The van der Waals surface area contributed by atoms with Crippen molar-refractivity contribution in [1.29, 1.82) is 5.26 Å². The molecule has 0 unspecified atom stereocenters. The Morgan fingerprint density at radius 3 is 2.31 bits per heavy atom. The number of benzene rings is 2. The summed E-state index contributed by atoms with van der Waals surface area (Å²) in [6.07, 6.45) is 1.67. The van der Waals surface area contributed by atoms with E-state index in [1.54, 1.807) is 6.08 Å². The summed E-state index contributed by atoms with van der Waals surface area (Å²) in [5.74, 6) is -0.368. The van der Waals surface area contributed by atoms with Gasteiger partial charge in [-0.25, -0.2) is 0 Å². The van der Waals surface area contributed by atoms with Gasteiger partial charge in [0.15, 0.2) is 0 Å². The van der Waals surface area contributed by atoms with Crippen LogP contribution in [0.3, 0.4) is 0 Å². The average molecular weight is 383 g/mol. The molecule has 1 aromatic heterocycles. The first-order valence-electron chi connectivity index (χ1n) is 9.60. The molecular weight excluding hydrogens is 358 g/mol. The monoisotopic (exact) mass is 383 g/mol. The first kappa shape index (κ1) is 20.2. The van der Waals surface area contributed by atoms with E-state index >= 15 is 0 Å². The van der Waals surface area contributed by atoms with Crippen molar-refractivity contribution in [3.05, 3.63) is 93.8 Å². The second kappa shape index (κ2) is 8.62. The molecule has 0 saturated heterocycles. The van der Waals surface area contributed by atoms with Crippen LogP contribution in [0.2, 0.25) is 0 Å². The number of amides is 1. The Hall–Kier alpha value is -3.58. The predicted octanol–water partition coefficient (Wildman–Crippen LogP) is 4.93. The number of aromatic nitrogens is 1. The molecule has 0 saturated carbocycles. The van der Waals surface area contributed by atoms with E-state index in [1.807, 2.05) is 56.3 Å². The molecule has 29 heavy (non-hydrogen) atoms. The molecule has 0 fully saturated rings. The number of carbonyl (C=O) groups excluding carboxylic acids is 1. The SMILES string of the molecule is Cc1cc(C)cc(-n2c(C)cc(/C=C(/C#N)C(=O)NCc3ccccc3)c2C)c1. The highest BCUT2D eigenvalue weighted by atomic mass is 16.1. The number of nitriles is 1. The second-order valence-electron chi connectivity index (χ2n) is 7.35. The fourth-order valence-corrected chi connectivity index (χ4v) is 3.59. The van der Waals surface area contributed by atoms with Crippen LogP contribution in [0, 0.1) is 39.0 Å². The second-order valence-corrected chi connectivity index (χ2v) is 7.35. The van der Waals surface area contributed by atoms with Crippen LogP contribution in [0.5, 0.6) is 0 Å². The van der Waals surface area contributed by atoms with E-state index in [0.717, 1.165) is 28.2 Å². The van der Waals surface area contributed by atoms with Crippen molar-refractivity contribution < 1.29 is 4.79 Å². The number of nitrogens with one attached hydrogen (secondary N) is 1. The molecule has 4 nitrogen and oxygen atoms in total. The molecule has 1 amide bonds. The minimum Gasteiger partial charge on any atom is -0.347 e. The number of hydrogen-bond donors (Lipinski definition) is 1. The van der Waals surface area contributed by atoms with Gasteiger partial charge in [0.05, 0.1) is 0 Å². The number of hydrogen-bond acceptors (Lipinski definition) is 2. The maximum Gasteiger partial charge on any atom is 0.262 e. The van der Waals surface area contributed by atoms with Crippen LogP contribution in [-0.4, -0.2) is 10.5 Å². The van der Waals surface area contributed by atoms with Crippen LogP contribution in [0.1, 0.15) is 33.6 Å². The molecule has 1 N–H and O–H groups in total. The zero-order valence-corrected chi connectivity index (χ0v) is 17.3. The van der Waals surface area contributed by atoms with E-state index in [9.17, 15) is 10.1 Å². The van der Waals surface area contributed by atoms with Crippen LogP contribution in [0.15, 0.2) is 60.2 Å². The molecule has 3 aromatic rings. The molecule has 0 aliphatic carbocycles. The smallest absolute Gasteiger partial charge is 0.262 e. The lowest BCUT2D eigenvalue weighted by atomic mass is 10.1. The highest BCUT2D eigenvalue weighted by Gasteiger charge is 2.14. The van der Waals surface area contributed by atoms with Gasteiger partial charge in [-0.15, -0.1) is 0 Å². The molecule has 0 aliphatic rings. The Labute approximate surface area is 172 Å². The van der Waals surface area contributed by atoms with Gasteiger partial charge in [-0.05, 0) is 74.2 Å². The summed E-state index contributed by atoms with van der Waals surface area (Å²) in [6, 6.07) is 20.1. The average Bonchev–Trinajstić information content (AvgIpc) is 2.97. The van der Waals surface area contributed by atoms with Gasteiger partial charge in [0.2, 0.25) is 0 Å². The van der Waals surface area contributed by atoms with E-state index in [4.69, 9.17) is 0 Å². The predicted molar refractivity (Wildman–Crippen MR) is 117 cm³/mol. The Morgan fingerprint density at radius 2 is 1.69 bits per heavy atom. The normalized spacial score (nSPS) is 11.2. The molecular formula is C25H25N3O. The number of rotatable bonds is 5. The summed E-state index contributed by atoms with van der Waals surface area (Å²) in [5.41, 5.74) is 7.49. The van der Waals surface area contributed by atoms with Crippen LogP contribution in [0.4, 0.5) is 0 Å². The molecule has 0 radical (unpaired) electrons. The molecule has 0 bridgehead atoms. The summed E-state index contributed by atoms with van der Waals surface area (Å²) >= 11 is 0. The third kappa shape index (κ3) is 4.64. The van der Waals surface area contributed by atoms with Crippen LogP contribution >= 0.6 is 0 Å². The van der Waals surface area contributed by atoms with Gasteiger partial charge in [-0.1, -0.05) is 36.4 Å². The lowest BCUT2D eigenvalue weighted by molar-refractivity contribution is -0.117. The molecule has 0 atom stereocenters. The van der Waals surface area contributed by atoms with Gasteiger partial charge < -0.3 is 9.88 Å². The van der Waals surface area contributed by atoms with Crippen LogP contribution < -0.4 is 5.32 Å². The zero-order chi connectivity index (χ0) is 21.0. The van der Waals surface area contributed by atoms with E-state index in [1.165, 1.54) is 11.1 Å². The Kier molecular flexibility index (Phi) is 5.99. The van der Waals surface area contributed by atoms with E-state index in [0.29, 0.717) is 6.54 Å². The van der Waals surface area contributed by atoms with Crippen molar-refractivity contribution in [1.82, 2.24) is 9.88 Å². The Bertz CT molecular complexity index is 1090. The summed E-state index contributed by atoms with van der Waals surface area (Å²) in [6.45, 7) is 8.59. The number of nitrogens with zero attached hydrogens (tertiary/aromatic N) is 2. The summed E-state index contributed by atoms with van der Waals surface area (Å²) in [5, 5.41) is 12.3.